The molecule has 144 valence electrons. The Morgan fingerprint density at radius 3 is 2.61 bits per heavy atom. The standard InChI is InChI=1S/C20H17ClN2O4S/c1-12-2-4-13(5-3-12)10-22-18(25)11-23-19(26)17(28-20(23)27)9-14-6-7-16(24)15(21)8-14/h2-9,24H,10-11H2,1H3,(H,22,25)/b17-9-. The van der Waals surface area contributed by atoms with Crippen LogP contribution in [0.1, 0.15) is 16.7 Å². The van der Waals surface area contributed by atoms with Crippen molar-refractivity contribution in [3.63, 3.8) is 0 Å². The van der Waals surface area contributed by atoms with E-state index in [0.717, 1.165) is 27.8 Å². The van der Waals surface area contributed by atoms with Gasteiger partial charge in [-0.25, -0.2) is 0 Å². The largest absolute Gasteiger partial charge is 0.506 e. The molecule has 6 nitrogen and oxygen atoms in total. The van der Waals surface area contributed by atoms with Crippen LogP contribution in [0.15, 0.2) is 47.4 Å². The number of hydrogen-bond donors (Lipinski definition) is 2. The topological polar surface area (TPSA) is 86.7 Å². The van der Waals surface area contributed by atoms with E-state index in [0.29, 0.717) is 12.1 Å². The minimum absolute atomic E-state index is 0.0721. The van der Waals surface area contributed by atoms with Crippen LogP contribution in [0.4, 0.5) is 4.79 Å². The van der Waals surface area contributed by atoms with E-state index in [1.165, 1.54) is 18.2 Å². The number of benzene rings is 2. The van der Waals surface area contributed by atoms with Gasteiger partial charge in [-0.3, -0.25) is 19.3 Å². The summed E-state index contributed by atoms with van der Waals surface area (Å²) in [6.45, 7) is 1.95. The third-order valence-corrected chi connectivity index (χ3v) is 5.27. The van der Waals surface area contributed by atoms with Crippen molar-refractivity contribution >= 4 is 46.5 Å². The van der Waals surface area contributed by atoms with Crippen LogP contribution in [0.3, 0.4) is 0 Å². The number of phenolic OH excluding ortho intramolecular Hbond substituents is 1. The molecule has 2 aromatic rings. The Hall–Kier alpha value is -2.77. The maximum absolute atomic E-state index is 12.5. The number of carbonyl (C=O) groups is 3. The number of thioether (sulfide) groups is 1. The molecule has 2 aromatic carbocycles. The Morgan fingerprint density at radius 1 is 1.21 bits per heavy atom. The molecule has 0 radical (unpaired) electrons. The van der Waals surface area contributed by atoms with E-state index in [1.807, 2.05) is 31.2 Å². The van der Waals surface area contributed by atoms with Gasteiger partial charge in [0, 0.05) is 6.54 Å². The van der Waals surface area contributed by atoms with Crippen LogP contribution in [0.25, 0.3) is 6.08 Å². The van der Waals surface area contributed by atoms with Crippen molar-refractivity contribution in [3.8, 4) is 5.75 Å². The van der Waals surface area contributed by atoms with Crippen molar-refractivity contribution in [2.75, 3.05) is 6.54 Å². The minimum Gasteiger partial charge on any atom is -0.506 e. The lowest BCUT2D eigenvalue weighted by molar-refractivity contribution is -0.129. The summed E-state index contributed by atoms with van der Waals surface area (Å²) >= 11 is 6.61. The third-order valence-electron chi connectivity index (χ3n) is 4.06. The number of aromatic hydroxyl groups is 1. The average molecular weight is 417 g/mol. The molecule has 0 bridgehead atoms. The fourth-order valence-electron chi connectivity index (χ4n) is 2.51. The van der Waals surface area contributed by atoms with E-state index >= 15 is 0 Å². The second-order valence-corrected chi connectivity index (χ2v) is 7.64. The molecular weight excluding hydrogens is 400 g/mol. The van der Waals surface area contributed by atoms with Crippen molar-refractivity contribution in [1.82, 2.24) is 10.2 Å². The van der Waals surface area contributed by atoms with E-state index in [9.17, 15) is 19.5 Å². The summed E-state index contributed by atoms with van der Waals surface area (Å²) in [6, 6.07) is 12.2. The quantitative estimate of drug-likeness (QED) is 0.725. The van der Waals surface area contributed by atoms with Crippen molar-refractivity contribution in [3.05, 3.63) is 69.1 Å². The summed E-state index contributed by atoms with van der Waals surface area (Å²) in [5.74, 6) is -1.03. The van der Waals surface area contributed by atoms with Gasteiger partial charge in [0.25, 0.3) is 11.1 Å². The van der Waals surface area contributed by atoms with Gasteiger partial charge in [0.05, 0.1) is 9.93 Å². The molecule has 0 aliphatic carbocycles. The lowest BCUT2D eigenvalue weighted by Gasteiger charge is -2.12. The van der Waals surface area contributed by atoms with Gasteiger partial charge in [-0.2, -0.15) is 0 Å². The van der Waals surface area contributed by atoms with Crippen LogP contribution < -0.4 is 5.32 Å². The molecule has 3 amide bonds. The lowest BCUT2D eigenvalue weighted by atomic mass is 10.1. The summed E-state index contributed by atoms with van der Waals surface area (Å²) in [7, 11) is 0. The van der Waals surface area contributed by atoms with E-state index < -0.39 is 17.1 Å². The average Bonchev–Trinajstić information content (AvgIpc) is 2.92. The summed E-state index contributed by atoms with van der Waals surface area (Å²) in [5.41, 5.74) is 2.61. The van der Waals surface area contributed by atoms with E-state index in [4.69, 9.17) is 11.6 Å². The van der Waals surface area contributed by atoms with E-state index in [1.54, 1.807) is 6.07 Å². The molecule has 3 rings (SSSR count). The van der Waals surface area contributed by atoms with Crippen LogP contribution in [0.5, 0.6) is 5.75 Å². The van der Waals surface area contributed by atoms with Crippen LogP contribution in [0.2, 0.25) is 5.02 Å². The van der Waals surface area contributed by atoms with Crippen LogP contribution in [-0.4, -0.2) is 33.6 Å². The molecule has 0 unspecified atom stereocenters. The molecule has 0 aromatic heterocycles. The molecule has 0 atom stereocenters. The third kappa shape index (κ3) is 4.74. The molecule has 8 heteroatoms. The van der Waals surface area contributed by atoms with Gasteiger partial charge in [-0.05, 0) is 48.0 Å². The zero-order chi connectivity index (χ0) is 20.3. The zero-order valence-corrected chi connectivity index (χ0v) is 16.5. The zero-order valence-electron chi connectivity index (χ0n) is 14.9. The maximum atomic E-state index is 12.5. The highest BCUT2D eigenvalue weighted by molar-refractivity contribution is 8.18. The Bertz CT molecular complexity index is 973. The highest BCUT2D eigenvalue weighted by Crippen LogP contribution is 2.33. The Labute approximate surface area is 171 Å². The van der Waals surface area contributed by atoms with Gasteiger partial charge < -0.3 is 10.4 Å². The van der Waals surface area contributed by atoms with Gasteiger partial charge >= 0.3 is 0 Å². The number of halogens is 1. The Kier molecular flexibility index (Phi) is 6.06. The number of aryl methyl sites for hydroxylation is 1. The lowest BCUT2D eigenvalue weighted by Crippen LogP contribution is -2.39. The molecule has 0 saturated carbocycles. The van der Waals surface area contributed by atoms with Crippen molar-refractivity contribution in [1.29, 1.82) is 0 Å². The molecule has 28 heavy (non-hydrogen) atoms. The van der Waals surface area contributed by atoms with Crippen LogP contribution in [-0.2, 0) is 16.1 Å². The molecule has 2 N–H and O–H groups in total. The first-order valence-corrected chi connectivity index (χ1v) is 9.59. The summed E-state index contributed by atoms with van der Waals surface area (Å²) in [4.78, 5) is 37.9. The summed E-state index contributed by atoms with van der Waals surface area (Å²) in [6.07, 6.45) is 1.50. The van der Waals surface area contributed by atoms with Crippen LogP contribution >= 0.6 is 23.4 Å². The fourth-order valence-corrected chi connectivity index (χ4v) is 3.53. The molecule has 1 fully saturated rings. The van der Waals surface area contributed by atoms with Gasteiger partial charge in [0.2, 0.25) is 5.91 Å². The number of imide groups is 1. The number of carbonyl (C=O) groups excluding carboxylic acids is 3. The molecule has 1 aliphatic heterocycles. The number of hydrogen-bond acceptors (Lipinski definition) is 5. The fraction of sp³-hybridized carbons (Fsp3) is 0.150. The first-order chi connectivity index (χ1) is 13.3. The number of nitrogens with one attached hydrogen (secondary N) is 1. The summed E-state index contributed by atoms with van der Waals surface area (Å²) in [5, 5.41) is 11.8. The summed E-state index contributed by atoms with van der Waals surface area (Å²) < 4.78 is 0. The molecule has 1 saturated heterocycles. The number of rotatable bonds is 5. The van der Waals surface area contributed by atoms with Crippen molar-refractivity contribution < 1.29 is 19.5 Å². The number of phenols is 1. The SMILES string of the molecule is Cc1ccc(CNC(=O)CN2C(=O)S/C(=C\c3ccc(O)c(Cl)c3)C2=O)cc1. The normalized spacial score (nSPS) is 15.4. The Balaban J connectivity index is 1.62. The smallest absolute Gasteiger partial charge is 0.294 e. The minimum atomic E-state index is -0.537. The molecule has 1 aliphatic rings. The predicted molar refractivity (Wildman–Crippen MR) is 109 cm³/mol. The van der Waals surface area contributed by atoms with Gasteiger partial charge in [-0.1, -0.05) is 47.5 Å². The van der Waals surface area contributed by atoms with E-state index in [2.05, 4.69) is 5.32 Å². The van der Waals surface area contributed by atoms with Gasteiger partial charge in [0.15, 0.2) is 0 Å². The maximum Gasteiger partial charge on any atom is 0.294 e. The van der Waals surface area contributed by atoms with Crippen molar-refractivity contribution in [2.45, 2.75) is 13.5 Å². The first-order valence-electron chi connectivity index (χ1n) is 8.39. The number of nitrogens with zero attached hydrogens (tertiary/aromatic N) is 1. The van der Waals surface area contributed by atoms with Gasteiger partial charge in [0.1, 0.15) is 12.3 Å². The Morgan fingerprint density at radius 2 is 1.93 bits per heavy atom. The predicted octanol–water partition coefficient (Wildman–Crippen LogP) is 3.71. The molecule has 0 spiro atoms. The second-order valence-electron chi connectivity index (χ2n) is 6.24. The second kappa shape index (κ2) is 8.50. The molecular formula is C20H17ClN2O4S. The van der Waals surface area contributed by atoms with Crippen LogP contribution in [0, 0.1) is 6.92 Å². The van der Waals surface area contributed by atoms with E-state index in [-0.39, 0.29) is 22.2 Å². The highest BCUT2D eigenvalue weighted by Gasteiger charge is 2.36. The van der Waals surface area contributed by atoms with Gasteiger partial charge in [-0.15, -0.1) is 0 Å². The highest BCUT2D eigenvalue weighted by atomic mass is 35.5. The number of amides is 3. The first kappa shape index (κ1) is 20.0. The monoisotopic (exact) mass is 416 g/mol. The molecule has 1 heterocycles. The van der Waals surface area contributed by atoms with Crippen molar-refractivity contribution in [2.24, 2.45) is 0 Å².